The Labute approximate surface area is 122 Å². The Hall–Kier alpha value is -2.25. The first kappa shape index (κ1) is 15.1. The van der Waals surface area contributed by atoms with E-state index >= 15 is 0 Å². The number of aromatic nitrogens is 1. The van der Waals surface area contributed by atoms with E-state index in [0.717, 1.165) is 30.5 Å². The highest BCUT2D eigenvalue weighted by atomic mass is 35.5. The molecule has 1 heterocycles. The Morgan fingerprint density at radius 2 is 2.00 bits per heavy atom. The monoisotopic (exact) mass is 314 g/mol. The van der Waals surface area contributed by atoms with E-state index in [1.807, 2.05) is 5.32 Å². The first-order chi connectivity index (χ1) is 9.88. The predicted molar refractivity (Wildman–Crippen MR) is 71.3 cm³/mol. The summed E-state index contributed by atoms with van der Waals surface area (Å²) in [5, 5.41) is 20.7. The number of aliphatic hydroxyl groups is 1. The Morgan fingerprint density at radius 3 is 2.67 bits per heavy atom. The molecule has 1 aromatic heterocycles. The van der Waals surface area contributed by atoms with Gasteiger partial charge in [0.25, 0.3) is 0 Å². The van der Waals surface area contributed by atoms with E-state index in [0.29, 0.717) is 0 Å². The maximum Gasteiger partial charge on any atom is 0.410 e. The summed E-state index contributed by atoms with van der Waals surface area (Å²) in [7, 11) is 0. The molecule has 1 unspecified atom stereocenters. The average molecular weight is 315 g/mol. The van der Waals surface area contributed by atoms with Gasteiger partial charge in [-0.3, -0.25) is 5.32 Å². The fourth-order valence-corrected chi connectivity index (χ4v) is 1.94. The van der Waals surface area contributed by atoms with Crippen LogP contribution in [-0.4, -0.2) is 21.3 Å². The molecule has 110 valence electrons. The molecule has 0 fully saturated rings. The molecular formula is C13H9ClF2N2O3. The lowest BCUT2D eigenvalue weighted by Crippen LogP contribution is -2.10. The lowest BCUT2D eigenvalue weighted by atomic mass is 10.0. The molecule has 8 heteroatoms. The number of pyridine rings is 1. The van der Waals surface area contributed by atoms with Crippen molar-refractivity contribution in [1.82, 2.24) is 4.98 Å². The van der Waals surface area contributed by atoms with Crippen LogP contribution in [0.4, 0.5) is 19.4 Å². The third-order valence-corrected chi connectivity index (χ3v) is 2.98. The number of amides is 1. The SMILES string of the molecule is O=C(O)Nc1cc(C(O)c2cc(F)ccc2F)c(Cl)cn1. The van der Waals surface area contributed by atoms with Gasteiger partial charge in [0.15, 0.2) is 0 Å². The summed E-state index contributed by atoms with van der Waals surface area (Å²) in [4.78, 5) is 14.2. The van der Waals surface area contributed by atoms with Gasteiger partial charge in [0, 0.05) is 17.3 Å². The number of hydrogen-bond acceptors (Lipinski definition) is 3. The van der Waals surface area contributed by atoms with E-state index in [1.54, 1.807) is 0 Å². The maximum atomic E-state index is 13.7. The van der Waals surface area contributed by atoms with Gasteiger partial charge in [-0.05, 0) is 24.3 Å². The first-order valence-corrected chi connectivity index (χ1v) is 6.04. The van der Waals surface area contributed by atoms with Crippen LogP contribution in [0.15, 0.2) is 30.5 Å². The van der Waals surface area contributed by atoms with Crippen molar-refractivity contribution in [3.63, 3.8) is 0 Å². The van der Waals surface area contributed by atoms with Crippen LogP contribution in [-0.2, 0) is 0 Å². The minimum atomic E-state index is -1.56. The molecular weight excluding hydrogens is 306 g/mol. The van der Waals surface area contributed by atoms with Gasteiger partial charge in [-0.2, -0.15) is 0 Å². The van der Waals surface area contributed by atoms with Crippen molar-refractivity contribution in [3.05, 3.63) is 58.2 Å². The molecule has 1 amide bonds. The smallest absolute Gasteiger partial charge is 0.410 e. The number of rotatable bonds is 3. The summed E-state index contributed by atoms with van der Waals surface area (Å²) >= 11 is 5.86. The van der Waals surface area contributed by atoms with Crippen LogP contribution in [0.2, 0.25) is 5.02 Å². The normalized spacial score (nSPS) is 12.0. The maximum absolute atomic E-state index is 13.7. The van der Waals surface area contributed by atoms with Crippen molar-refractivity contribution < 1.29 is 23.8 Å². The Kier molecular flexibility index (Phi) is 4.35. The van der Waals surface area contributed by atoms with E-state index in [1.165, 1.54) is 0 Å². The van der Waals surface area contributed by atoms with Gasteiger partial charge in [0.05, 0.1) is 5.02 Å². The van der Waals surface area contributed by atoms with Crippen molar-refractivity contribution in [3.8, 4) is 0 Å². The molecule has 0 radical (unpaired) electrons. The van der Waals surface area contributed by atoms with E-state index in [4.69, 9.17) is 16.7 Å². The number of benzene rings is 1. The van der Waals surface area contributed by atoms with Crippen LogP contribution in [0.1, 0.15) is 17.2 Å². The van der Waals surface area contributed by atoms with Crippen LogP contribution >= 0.6 is 11.6 Å². The molecule has 0 aliphatic carbocycles. The molecule has 0 aliphatic rings. The van der Waals surface area contributed by atoms with Crippen LogP contribution in [0.3, 0.4) is 0 Å². The van der Waals surface area contributed by atoms with Gasteiger partial charge in [-0.15, -0.1) is 0 Å². The molecule has 2 rings (SSSR count). The quantitative estimate of drug-likeness (QED) is 0.812. The fraction of sp³-hybridized carbons (Fsp3) is 0.0769. The third-order valence-electron chi connectivity index (χ3n) is 2.67. The molecule has 1 atom stereocenters. The van der Waals surface area contributed by atoms with E-state index in [-0.39, 0.29) is 22.0 Å². The van der Waals surface area contributed by atoms with E-state index in [9.17, 15) is 18.7 Å². The number of carboxylic acid groups (broad SMARTS) is 1. The average Bonchev–Trinajstić information content (AvgIpc) is 2.42. The molecule has 3 N–H and O–H groups in total. The first-order valence-electron chi connectivity index (χ1n) is 5.67. The van der Waals surface area contributed by atoms with Gasteiger partial charge in [-0.1, -0.05) is 11.6 Å². The van der Waals surface area contributed by atoms with Gasteiger partial charge < -0.3 is 10.2 Å². The second kappa shape index (κ2) is 6.02. The van der Waals surface area contributed by atoms with Crippen molar-refractivity contribution in [2.45, 2.75) is 6.10 Å². The van der Waals surface area contributed by atoms with Crippen LogP contribution in [0, 0.1) is 11.6 Å². The van der Waals surface area contributed by atoms with Gasteiger partial charge >= 0.3 is 6.09 Å². The highest BCUT2D eigenvalue weighted by Gasteiger charge is 2.20. The molecule has 0 saturated heterocycles. The summed E-state index contributed by atoms with van der Waals surface area (Å²) in [6.07, 6.45) is -1.82. The van der Waals surface area contributed by atoms with Crippen LogP contribution in [0.5, 0.6) is 0 Å². The summed E-state index contributed by atoms with van der Waals surface area (Å²) < 4.78 is 26.8. The topological polar surface area (TPSA) is 82.5 Å². The molecule has 0 bridgehead atoms. The zero-order valence-electron chi connectivity index (χ0n) is 10.3. The Morgan fingerprint density at radius 1 is 1.29 bits per heavy atom. The molecule has 21 heavy (non-hydrogen) atoms. The summed E-state index contributed by atoms with van der Waals surface area (Å²) in [6.45, 7) is 0. The zero-order valence-corrected chi connectivity index (χ0v) is 11.1. The van der Waals surface area contributed by atoms with E-state index < -0.39 is 23.8 Å². The predicted octanol–water partition coefficient (Wildman–Crippen LogP) is 3.18. The second-order valence-electron chi connectivity index (χ2n) is 4.09. The summed E-state index contributed by atoms with van der Waals surface area (Å²) in [5.74, 6) is -1.64. The fourth-order valence-electron chi connectivity index (χ4n) is 1.73. The number of nitrogens with one attached hydrogen (secondary N) is 1. The lowest BCUT2D eigenvalue weighted by Gasteiger charge is -2.15. The summed E-state index contributed by atoms with van der Waals surface area (Å²) in [5.41, 5.74) is -0.315. The van der Waals surface area contributed by atoms with Gasteiger partial charge in [0.2, 0.25) is 0 Å². The number of nitrogens with zero attached hydrogens (tertiary/aromatic N) is 1. The molecule has 0 saturated carbocycles. The van der Waals surface area contributed by atoms with Crippen molar-refractivity contribution in [2.24, 2.45) is 0 Å². The third kappa shape index (κ3) is 3.45. The Balaban J connectivity index is 2.44. The number of anilines is 1. The van der Waals surface area contributed by atoms with Crippen molar-refractivity contribution in [1.29, 1.82) is 0 Å². The number of hydrogen-bond donors (Lipinski definition) is 3. The zero-order chi connectivity index (χ0) is 15.6. The number of aliphatic hydroxyl groups excluding tert-OH is 1. The minimum Gasteiger partial charge on any atom is -0.465 e. The van der Waals surface area contributed by atoms with Crippen LogP contribution < -0.4 is 5.32 Å². The van der Waals surface area contributed by atoms with Gasteiger partial charge in [-0.25, -0.2) is 18.6 Å². The Bertz CT molecular complexity index is 697. The second-order valence-corrected chi connectivity index (χ2v) is 4.50. The highest BCUT2D eigenvalue weighted by molar-refractivity contribution is 6.31. The lowest BCUT2D eigenvalue weighted by molar-refractivity contribution is 0.209. The number of halogens is 3. The molecule has 2 aromatic rings. The molecule has 1 aromatic carbocycles. The number of carbonyl (C=O) groups is 1. The van der Waals surface area contributed by atoms with Crippen LogP contribution in [0.25, 0.3) is 0 Å². The molecule has 0 spiro atoms. The minimum absolute atomic E-state index is 0.0000772. The molecule has 5 nitrogen and oxygen atoms in total. The van der Waals surface area contributed by atoms with Crippen molar-refractivity contribution >= 4 is 23.5 Å². The van der Waals surface area contributed by atoms with E-state index in [2.05, 4.69) is 4.98 Å². The highest BCUT2D eigenvalue weighted by Crippen LogP contribution is 2.31. The standard InChI is InChI=1S/C13H9ClF2N2O3/c14-9-5-17-11(18-13(20)21)4-7(9)12(19)8-3-6(15)1-2-10(8)16/h1-5,12,19H,(H,17,18)(H,20,21). The van der Waals surface area contributed by atoms with Gasteiger partial charge in [0.1, 0.15) is 23.6 Å². The van der Waals surface area contributed by atoms with Crippen molar-refractivity contribution in [2.75, 3.05) is 5.32 Å². The largest absolute Gasteiger partial charge is 0.465 e. The molecule has 0 aliphatic heterocycles. The summed E-state index contributed by atoms with van der Waals surface area (Å²) in [6, 6.07) is 3.77.